The van der Waals surface area contributed by atoms with Crippen molar-refractivity contribution in [3.63, 3.8) is 0 Å². The summed E-state index contributed by atoms with van der Waals surface area (Å²) in [4.78, 5) is 7.22. The number of hydrogen-bond donors (Lipinski definition) is 1. The molecule has 0 bridgehead atoms. The molecule has 1 unspecified atom stereocenters. The first-order chi connectivity index (χ1) is 10.1. The van der Waals surface area contributed by atoms with Crippen molar-refractivity contribution in [1.82, 2.24) is 25.0 Å². The van der Waals surface area contributed by atoms with E-state index < -0.39 is 0 Å². The Bertz CT molecular complexity index is 461. The van der Waals surface area contributed by atoms with Crippen LogP contribution in [0.1, 0.15) is 64.7 Å². The van der Waals surface area contributed by atoms with Gasteiger partial charge < -0.3 is 5.32 Å². The molecule has 1 atom stereocenters. The van der Waals surface area contributed by atoms with E-state index in [4.69, 9.17) is 0 Å². The summed E-state index contributed by atoms with van der Waals surface area (Å²) >= 11 is 0. The molecule has 1 aromatic heterocycles. The van der Waals surface area contributed by atoms with E-state index in [1.54, 1.807) is 6.33 Å². The standard InChI is InChI=1S/C16H29N5/c1-13(2)21-15(18-12-19-21)10-20-9-14(3)17-11-16(20)7-5-4-6-8-16/h12-14,17H,4-11H2,1-3H3. The Morgan fingerprint density at radius 2 is 2.10 bits per heavy atom. The Hall–Kier alpha value is -0.940. The summed E-state index contributed by atoms with van der Waals surface area (Å²) in [6.07, 6.45) is 8.47. The summed E-state index contributed by atoms with van der Waals surface area (Å²) in [5.41, 5.74) is 0.346. The van der Waals surface area contributed by atoms with Crippen LogP contribution < -0.4 is 5.32 Å². The van der Waals surface area contributed by atoms with Crippen LogP contribution >= 0.6 is 0 Å². The van der Waals surface area contributed by atoms with Crippen molar-refractivity contribution in [2.45, 2.75) is 77.0 Å². The van der Waals surface area contributed by atoms with Gasteiger partial charge in [-0.2, -0.15) is 5.10 Å². The first-order valence-corrected chi connectivity index (χ1v) is 8.47. The lowest BCUT2D eigenvalue weighted by atomic mass is 9.78. The van der Waals surface area contributed by atoms with E-state index >= 15 is 0 Å². The molecule has 1 spiro atoms. The van der Waals surface area contributed by atoms with Crippen LogP contribution in [0, 0.1) is 0 Å². The van der Waals surface area contributed by atoms with Gasteiger partial charge in [-0.25, -0.2) is 9.67 Å². The van der Waals surface area contributed by atoms with Gasteiger partial charge in [0.2, 0.25) is 0 Å². The van der Waals surface area contributed by atoms with E-state index in [0.717, 1.165) is 25.5 Å². The highest BCUT2D eigenvalue weighted by molar-refractivity contribution is 5.02. The Labute approximate surface area is 128 Å². The molecule has 118 valence electrons. The van der Waals surface area contributed by atoms with Crippen molar-refractivity contribution < 1.29 is 0 Å². The van der Waals surface area contributed by atoms with Gasteiger partial charge in [-0.15, -0.1) is 0 Å². The van der Waals surface area contributed by atoms with Gasteiger partial charge in [-0.1, -0.05) is 19.3 Å². The average molecular weight is 291 g/mol. The summed E-state index contributed by atoms with van der Waals surface area (Å²) < 4.78 is 2.07. The molecule has 3 rings (SSSR count). The van der Waals surface area contributed by atoms with Crippen molar-refractivity contribution in [2.75, 3.05) is 13.1 Å². The summed E-state index contributed by atoms with van der Waals surface area (Å²) in [7, 11) is 0. The molecule has 0 radical (unpaired) electrons. The second-order valence-corrected chi connectivity index (χ2v) is 7.16. The molecule has 2 heterocycles. The number of hydrogen-bond acceptors (Lipinski definition) is 4. The third-order valence-corrected chi connectivity index (χ3v) is 5.20. The second kappa shape index (κ2) is 6.05. The fourth-order valence-corrected chi connectivity index (χ4v) is 3.99. The molecular formula is C16H29N5. The Balaban J connectivity index is 1.81. The smallest absolute Gasteiger partial charge is 0.141 e. The topological polar surface area (TPSA) is 46.0 Å². The quantitative estimate of drug-likeness (QED) is 0.928. The molecule has 1 saturated carbocycles. The summed E-state index contributed by atoms with van der Waals surface area (Å²) in [5.74, 6) is 1.11. The van der Waals surface area contributed by atoms with E-state index in [0.29, 0.717) is 17.6 Å². The number of piperazine rings is 1. The molecule has 1 N–H and O–H groups in total. The van der Waals surface area contributed by atoms with E-state index in [-0.39, 0.29) is 0 Å². The highest BCUT2D eigenvalue weighted by atomic mass is 15.4. The van der Waals surface area contributed by atoms with E-state index in [2.05, 4.69) is 45.8 Å². The minimum absolute atomic E-state index is 0.346. The van der Waals surface area contributed by atoms with Crippen molar-refractivity contribution >= 4 is 0 Å². The lowest BCUT2D eigenvalue weighted by Crippen LogP contribution is -2.64. The summed E-state index contributed by atoms with van der Waals surface area (Å²) in [6, 6.07) is 0.943. The zero-order chi connectivity index (χ0) is 14.9. The van der Waals surface area contributed by atoms with Gasteiger partial charge in [0, 0.05) is 30.7 Å². The molecule has 0 aromatic carbocycles. The molecule has 2 fully saturated rings. The Morgan fingerprint density at radius 3 is 2.81 bits per heavy atom. The van der Waals surface area contributed by atoms with Crippen molar-refractivity contribution in [3.05, 3.63) is 12.2 Å². The van der Waals surface area contributed by atoms with Gasteiger partial charge in [0.25, 0.3) is 0 Å². The monoisotopic (exact) mass is 291 g/mol. The van der Waals surface area contributed by atoms with Crippen LogP contribution in [0.25, 0.3) is 0 Å². The van der Waals surface area contributed by atoms with Crippen LogP contribution in [0.15, 0.2) is 6.33 Å². The molecule has 5 nitrogen and oxygen atoms in total. The third kappa shape index (κ3) is 2.99. The maximum absolute atomic E-state index is 4.52. The van der Waals surface area contributed by atoms with Gasteiger partial charge in [0.1, 0.15) is 12.2 Å². The number of rotatable bonds is 3. The van der Waals surface area contributed by atoms with Gasteiger partial charge in [-0.05, 0) is 33.6 Å². The zero-order valence-electron chi connectivity index (χ0n) is 13.7. The minimum atomic E-state index is 0.346. The lowest BCUT2D eigenvalue weighted by molar-refractivity contribution is 0.00320. The van der Waals surface area contributed by atoms with Crippen LogP contribution in [0.5, 0.6) is 0 Å². The maximum atomic E-state index is 4.52. The van der Waals surface area contributed by atoms with Crippen LogP contribution in [0.3, 0.4) is 0 Å². The highest BCUT2D eigenvalue weighted by Gasteiger charge is 2.41. The van der Waals surface area contributed by atoms with Crippen LogP contribution in [0.2, 0.25) is 0 Å². The fraction of sp³-hybridized carbons (Fsp3) is 0.875. The summed E-state index contributed by atoms with van der Waals surface area (Å²) in [6.45, 7) is 9.82. The van der Waals surface area contributed by atoms with Gasteiger partial charge in [-0.3, -0.25) is 4.90 Å². The lowest BCUT2D eigenvalue weighted by Gasteiger charge is -2.51. The Kier molecular flexibility index (Phi) is 4.31. The van der Waals surface area contributed by atoms with E-state index in [1.165, 1.54) is 32.1 Å². The van der Waals surface area contributed by atoms with E-state index in [1.807, 2.05) is 0 Å². The van der Waals surface area contributed by atoms with Crippen molar-refractivity contribution in [3.8, 4) is 0 Å². The van der Waals surface area contributed by atoms with Crippen LogP contribution in [-0.2, 0) is 6.54 Å². The molecule has 5 heteroatoms. The molecule has 1 saturated heterocycles. The second-order valence-electron chi connectivity index (χ2n) is 7.16. The van der Waals surface area contributed by atoms with Crippen molar-refractivity contribution in [2.24, 2.45) is 0 Å². The highest BCUT2D eigenvalue weighted by Crippen LogP contribution is 2.36. The fourth-order valence-electron chi connectivity index (χ4n) is 3.99. The normalized spacial score (nSPS) is 26.6. The zero-order valence-corrected chi connectivity index (χ0v) is 13.7. The van der Waals surface area contributed by atoms with Crippen molar-refractivity contribution in [1.29, 1.82) is 0 Å². The summed E-state index contributed by atoms with van der Waals surface area (Å²) in [5, 5.41) is 8.10. The number of aromatic nitrogens is 3. The predicted molar refractivity (Wildman–Crippen MR) is 84.1 cm³/mol. The van der Waals surface area contributed by atoms with Gasteiger partial charge in [0.05, 0.1) is 6.54 Å². The van der Waals surface area contributed by atoms with Crippen LogP contribution in [0.4, 0.5) is 0 Å². The predicted octanol–water partition coefficient (Wildman–Crippen LogP) is 2.36. The molecule has 21 heavy (non-hydrogen) atoms. The number of nitrogens with one attached hydrogen (secondary N) is 1. The van der Waals surface area contributed by atoms with Gasteiger partial charge in [0.15, 0.2) is 0 Å². The first-order valence-electron chi connectivity index (χ1n) is 8.47. The average Bonchev–Trinajstić information content (AvgIpc) is 2.93. The third-order valence-electron chi connectivity index (χ3n) is 5.20. The Morgan fingerprint density at radius 1 is 1.33 bits per heavy atom. The molecule has 1 aromatic rings. The first kappa shape index (κ1) is 15.0. The van der Waals surface area contributed by atoms with E-state index in [9.17, 15) is 0 Å². The van der Waals surface area contributed by atoms with Gasteiger partial charge >= 0.3 is 0 Å². The molecular weight excluding hydrogens is 262 g/mol. The largest absolute Gasteiger partial charge is 0.311 e. The molecule has 2 aliphatic rings. The molecule has 0 amide bonds. The van der Waals surface area contributed by atoms with Crippen LogP contribution in [-0.4, -0.2) is 44.3 Å². The molecule has 1 aliphatic carbocycles. The minimum Gasteiger partial charge on any atom is -0.311 e. The number of nitrogens with zero attached hydrogens (tertiary/aromatic N) is 4. The maximum Gasteiger partial charge on any atom is 0.141 e. The molecule has 1 aliphatic heterocycles. The SMILES string of the molecule is CC1CN(Cc2ncnn2C(C)C)C2(CCCCC2)CN1.